The van der Waals surface area contributed by atoms with Gasteiger partial charge >= 0.3 is 0 Å². The number of anilines is 1. The van der Waals surface area contributed by atoms with Crippen molar-refractivity contribution >= 4 is 34.1 Å². The second-order valence-electron chi connectivity index (χ2n) is 6.59. The van der Waals surface area contributed by atoms with Gasteiger partial charge in [0.05, 0.1) is 12.8 Å². The lowest BCUT2D eigenvalue weighted by atomic mass is 9.93. The van der Waals surface area contributed by atoms with Crippen molar-refractivity contribution in [1.29, 1.82) is 5.26 Å². The van der Waals surface area contributed by atoms with E-state index in [0.29, 0.717) is 18.0 Å². The number of nitriles is 1. The van der Waals surface area contributed by atoms with Gasteiger partial charge in [0.25, 0.3) is 0 Å². The average molecular weight is 508 g/mol. The number of rotatable bonds is 5. The third-order valence-corrected chi connectivity index (χ3v) is 5.51. The molecule has 1 aromatic carbocycles. The number of benzene rings is 1. The van der Waals surface area contributed by atoms with Crippen LogP contribution in [0, 0.1) is 14.9 Å². The number of imidazole rings is 1. The molecule has 4 atom stereocenters. The van der Waals surface area contributed by atoms with Crippen molar-refractivity contribution in [2.45, 2.75) is 30.5 Å². The predicted octanol–water partition coefficient (Wildman–Crippen LogP) is 0.173. The van der Waals surface area contributed by atoms with Gasteiger partial charge in [0.15, 0.2) is 11.5 Å². The Labute approximate surface area is 178 Å². The Balaban J connectivity index is 1.70. The van der Waals surface area contributed by atoms with E-state index in [9.17, 15) is 20.6 Å². The summed E-state index contributed by atoms with van der Waals surface area (Å²) < 4.78 is 8.00. The van der Waals surface area contributed by atoms with E-state index in [1.807, 2.05) is 30.3 Å². The average Bonchev–Trinajstić information content (AvgIpc) is 3.27. The van der Waals surface area contributed by atoms with Crippen LogP contribution in [-0.4, -0.2) is 59.8 Å². The summed E-state index contributed by atoms with van der Waals surface area (Å²) in [4.78, 5) is 8.50. The van der Waals surface area contributed by atoms with E-state index in [4.69, 9.17) is 4.74 Å². The number of aliphatic hydroxyl groups is 3. The van der Waals surface area contributed by atoms with Crippen LogP contribution in [0.4, 0.5) is 5.82 Å². The van der Waals surface area contributed by atoms with Crippen LogP contribution in [0.15, 0.2) is 36.8 Å². The fourth-order valence-electron chi connectivity index (χ4n) is 3.36. The predicted molar refractivity (Wildman–Crippen MR) is 109 cm³/mol. The highest BCUT2D eigenvalue weighted by atomic mass is 127. The van der Waals surface area contributed by atoms with E-state index >= 15 is 0 Å². The van der Waals surface area contributed by atoms with Crippen molar-refractivity contribution in [1.82, 2.24) is 19.6 Å². The second kappa shape index (κ2) is 7.81. The third kappa shape index (κ3) is 3.32. The largest absolute Gasteiger partial charge is 0.394 e. The van der Waals surface area contributed by atoms with E-state index in [1.165, 1.54) is 17.0 Å². The van der Waals surface area contributed by atoms with Gasteiger partial charge in [-0.1, -0.05) is 12.1 Å². The molecule has 4 rings (SSSR count). The van der Waals surface area contributed by atoms with Crippen LogP contribution in [0.5, 0.6) is 0 Å². The zero-order valence-electron chi connectivity index (χ0n) is 15.0. The van der Waals surface area contributed by atoms with Crippen LogP contribution in [-0.2, 0) is 16.9 Å². The number of ether oxygens (including phenoxy) is 1. The monoisotopic (exact) mass is 508 g/mol. The van der Waals surface area contributed by atoms with Gasteiger partial charge in [-0.15, -0.1) is 0 Å². The van der Waals surface area contributed by atoms with Gasteiger partial charge in [-0.3, -0.25) is 0 Å². The minimum absolute atomic E-state index is 0.136. The zero-order chi connectivity index (χ0) is 20.6. The Hall–Kier alpha value is -2.37. The smallest absolute Gasteiger partial charge is 0.227 e. The van der Waals surface area contributed by atoms with Gasteiger partial charge in [-0.2, -0.15) is 10.4 Å². The van der Waals surface area contributed by atoms with E-state index in [2.05, 4.69) is 43.0 Å². The van der Waals surface area contributed by atoms with E-state index in [-0.39, 0.29) is 5.69 Å². The van der Waals surface area contributed by atoms with Crippen molar-refractivity contribution in [3.63, 3.8) is 0 Å². The van der Waals surface area contributed by atoms with Crippen LogP contribution in [0.25, 0.3) is 5.65 Å². The first-order valence-electron chi connectivity index (χ1n) is 8.73. The molecule has 0 amide bonds. The molecule has 0 bridgehead atoms. The normalized spacial score (nSPS) is 26.5. The summed E-state index contributed by atoms with van der Waals surface area (Å²) in [5.74, 6) is 0.435. The lowest BCUT2D eigenvalue weighted by molar-refractivity contribution is -0.0643. The molecule has 0 radical (unpaired) electrons. The number of aliphatic hydroxyl groups excluding tert-OH is 3. The van der Waals surface area contributed by atoms with Gasteiger partial charge in [0.1, 0.15) is 36.4 Å². The van der Waals surface area contributed by atoms with E-state index in [0.717, 1.165) is 9.13 Å². The number of nitrogens with one attached hydrogen (secondary N) is 1. The SMILES string of the molecule is N#C[C@@]1(c2cnc3c(NCc4cccc(I)c4)ncnn23)O[C@H](CO)[C@@H](O)[C@H]1O. The minimum Gasteiger partial charge on any atom is -0.394 e. The number of fused-ring (bicyclic) bond motifs is 1. The van der Waals surface area contributed by atoms with Crippen LogP contribution in [0.3, 0.4) is 0 Å². The van der Waals surface area contributed by atoms with Gasteiger partial charge in [0, 0.05) is 10.1 Å². The van der Waals surface area contributed by atoms with Gasteiger partial charge in [0.2, 0.25) is 5.60 Å². The molecule has 11 heteroatoms. The lowest BCUT2D eigenvalue weighted by Crippen LogP contribution is -2.41. The minimum atomic E-state index is -1.92. The van der Waals surface area contributed by atoms with Gasteiger partial charge in [-0.25, -0.2) is 14.5 Å². The Morgan fingerprint density at radius 3 is 2.86 bits per heavy atom. The summed E-state index contributed by atoms with van der Waals surface area (Å²) in [5, 5.41) is 47.1. The number of aromatic nitrogens is 4. The van der Waals surface area contributed by atoms with Crippen molar-refractivity contribution < 1.29 is 20.1 Å². The number of halogens is 1. The summed E-state index contributed by atoms with van der Waals surface area (Å²) in [6, 6.07) is 9.88. The Kier molecular flexibility index (Phi) is 5.36. The maximum Gasteiger partial charge on any atom is 0.227 e. The Morgan fingerprint density at radius 2 is 2.17 bits per heavy atom. The molecule has 2 aromatic heterocycles. The van der Waals surface area contributed by atoms with Crippen molar-refractivity contribution in [3.05, 3.63) is 51.6 Å². The standard InChI is InChI=1S/C18H17IN6O4/c19-11-3-1-2-10(4-11)5-21-16-17-22-6-13(25(17)24-9-23-16)18(8-20)15(28)14(27)12(7-26)29-18/h1-4,6,9,12,14-15,26-28H,5,7H2,(H,21,23,24)/t12-,14-,15-,18+/m1/s1. The quantitative estimate of drug-likeness (QED) is 0.354. The Bertz CT molecular complexity index is 1090. The molecule has 4 N–H and O–H groups in total. The fraction of sp³-hybridized carbons (Fsp3) is 0.333. The maximum atomic E-state index is 10.5. The zero-order valence-corrected chi connectivity index (χ0v) is 17.1. The Morgan fingerprint density at radius 1 is 1.34 bits per heavy atom. The summed E-state index contributed by atoms with van der Waals surface area (Å²) in [5.41, 5.74) is -0.400. The fourth-order valence-corrected chi connectivity index (χ4v) is 3.96. The molecule has 1 aliphatic heterocycles. The van der Waals surface area contributed by atoms with Gasteiger partial charge in [-0.05, 0) is 40.3 Å². The van der Waals surface area contributed by atoms with Crippen molar-refractivity contribution in [3.8, 4) is 6.07 Å². The summed E-state index contributed by atoms with van der Waals surface area (Å²) in [6.07, 6.45) is -1.47. The molecule has 150 valence electrons. The molecule has 1 fully saturated rings. The number of hydrogen-bond donors (Lipinski definition) is 4. The third-order valence-electron chi connectivity index (χ3n) is 4.84. The highest BCUT2D eigenvalue weighted by Gasteiger charge is 2.57. The van der Waals surface area contributed by atoms with E-state index in [1.54, 1.807) is 0 Å². The first-order chi connectivity index (χ1) is 14.0. The molecule has 29 heavy (non-hydrogen) atoms. The summed E-state index contributed by atoms with van der Waals surface area (Å²) in [7, 11) is 0. The molecule has 1 saturated heterocycles. The molecule has 3 aromatic rings. The van der Waals surface area contributed by atoms with Crippen molar-refractivity contribution in [2.75, 3.05) is 11.9 Å². The van der Waals surface area contributed by atoms with Crippen LogP contribution >= 0.6 is 22.6 Å². The molecule has 0 saturated carbocycles. The summed E-state index contributed by atoms with van der Waals surface area (Å²) in [6.45, 7) is -0.0460. The molecule has 0 unspecified atom stereocenters. The van der Waals surface area contributed by atoms with E-state index < -0.39 is 30.5 Å². The lowest BCUT2D eigenvalue weighted by Gasteiger charge is -2.23. The highest BCUT2D eigenvalue weighted by molar-refractivity contribution is 14.1. The topological polar surface area (TPSA) is 149 Å². The van der Waals surface area contributed by atoms with Crippen LogP contribution < -0.4 is 5.32 Å². The molecule has 1 aliphatic rings. The molecular weight excluding hydrogens is 491 g/mol. The summed E-state index contributed by atoms with van der Waals surface area (Å²) >= 11 is 2.24. The van der Waals surface area contributed by atoms with Crippen LogP contribution in [0.2, 0.25) is 0 Å². The number of hydrogen-bond acceptors (Lipinski definition) is 9. The first kappa shape index (κ1) is 19.9. The van der Waals surface area contributed by atoms with Gasteiger partial charge < -0.3 is 25.4 Å². The molecule has 3 heterocycles. The second-order valence-corrected chi connectivity index (χ2v) is 7.84. The molecule has 10 nitrogen and oxygen atoms in total. The molecule has 0 aliphatic carbocycles. The number of nitrogens with zero attached hydrogens (tertiary/aromatic N) is 5. The maximum absolute atomic E-state index is 10.5. The molecule has 0 spiro atoms. The molecular formula is C18H17IN6O4. The highest BCUT2D eigenvalue weighted by Crippen LogP contribution is 2.39. The first-order valence-corrected chi connectivity index (χ1v) is 9.81. The van der Waals surface area contributed by atoms with Crippen LogP contribution in [0.1, 0.15) is 11.3 Å². The van der Waals surface area contributed by atoms with Crippen molar-refractivity contribution in [2.24, 2.45) is 0 Å².